The van der Waals surface area contributed by atoms with E-state index in [0.717, 1.165) is 31.7 Å². The quantitative estimate of drug-likeness (QED) is 0.799. The third-order valence-corrected chi connectivity index (χ3v) is 6.32. The van der Waals surface area contributed by atoms with Crippen molar-refractivity contribution in [3.8, 4) is 0 Å². The van der Waals surface area contributed by atoms with Crippen molar-refractivity contribution in [1.82, 2.24) is 10.2 Å². The van der Waals surface area contributed by atoms with Crippen LogP contribution in [0.4, 0.5) is 0 Å². The maximum Gasteiger partial charge on any atom is 0.317 e. The Morgan fingerprint density at radius 2 is 2.08 bits per heavy atom. The Morgan fingerprint density at radius 3 is 2.76 bits per heavy atom. The first-order valence-electron chi connectivity index (χ1n) is 9.81. The Hall–Kier alpha value is -1.39. The number of nitrogens with zero attached hydrogens (tertiary/aromatic N) is 1. The molecule has 0 saturated heterocycles. The summed E-state index contributed by atoms with van der Waals surface area (Å²) in [5, 5.41) is 13.1. The van der Waals surface area contributed by atoms with Gasteiger partial charge < -0.3 is 10.4 Å². The molecule has 1 aromatic carbocycles. The molecule has 136 valence electrons. The van der Waals surface area contributed by atoms with Gasteiger partial charge in [0.25, 0.3) is 0 Å². The first-order valence-corrected chi connectivity index (χ1v) is 9.81. The molecule has 25 heavy (non-hydrogen) atoms. The Bertz CT molecular complexity index is 649. The number of hydrogen-bond donors (Lipinski definition) is 2. The van der Waals surface area contributed by atoms with Gasteiger partial charge in [0.1, 0.15) is 0 Å². The van der Waals surface area contributed by atoms with Gasteiger partial charge in [-0.25, -0.2) is 0 Å². The van der Waals surface area contributed by atoms with Crippen molar-refractivity contribution >= 4 is 5.97 Å². The number of carbonyl (C=O) groups is 1. The number of fused-ring (bicyclic) bond motifs is 1. The summed E-state index contributed by atoms with van der Waals surface area (Å²) in [6.07, 6.45) is 5.89. The van der Waals surface area contributed by atoms with Crippen molar-refractivity contribution in [3.63, 3.8) is 0 Å². The van der Waals surface area contributed by atoms with E-state index in [1.54, 1.807) is 0 Å². The number of carboxylic acids is 1. The minimum Gasteiger partial charge on any atom is -0.480 e. The predicted octanol–water partition coefficient (Wildman–Crippen LogP) is 3.15. The van der Waals surface area contributed by atoms with Gasteiger partial charge in [0, 0.05) is 24.7 Å². The largest absolute Gasteiger partial charge is 0.480 e. The molecule has 3 aliphatic rings. The standard InChI is InChI=1S/C21H30N2O2/c1-13-3-6-16-8-14(2)21(19(16)7-13)22-17-9-18(10-17)23(12-20(24)25)11-15-4-5-15/h3,6-7,14-15,17-18,21-22H,4-5,8-12H2,1-2H3,(H,24,25). The fourth-order valence-electron chi connectivity index (χ4n) is 4.64. The van der Waals surface area contributed by atoms with Gasteiger partial charge in [-0.2, -0.15) is 0 Å². The Kier molecular flexibility index (Phi) is 4.59. The molecule has 2 saturated carbocycles. The second kappa shape index (κ2) is 6.73. The summed E-state index contributed by atoms with van der Waals surface area (Å²) in [6, 6.07) is 8.28. The van der Waals surface area contributed by atoms with Gasteiger partial charge in [0.2, 0.25) is 0 Å². The smallest absolute Gasteiger partial charge is 0.317 e. The molecule has 0 heterocycles. The zero-order valence-corrected chi connectivity index (χ0v) is 15.4. The summed E-state index contributed by atoms with van der Waals surface area (Å²) in [4.78, 5) is 13.4. The van der Waals surface area contributed by atoms with E-state index in [9.17, 15) is 9.90 Å². The van der Waals surface area contributed by atoms with Crippen LogP contribution >= 0.6 is 0 Å². The molecule has 0 aliphatic heterocycles. The third-order valence-electron chi connectivity index (χ3n) is 6.32. The van der Waals surface area contributed by atoms with Crippen LogP contribution in [0.5, 0.6) is 0 Å². The van der Waals surface area contributed by atoms with Crippen LogP contribution in [-0.4, -0.2) is 41.1 Å². The normalized spacial score (nSPS) is 31.0. The summed E-state index contributed by atoms with van der Waals surface area (Å²) in [5.41, 5.74) is 4.31. The van der Waals surface area contributed by atoms with Gasteiger partial charge in [0.15, 0.2) is 0 Å². The van der Waals surface area contributed by atoms with Crippen molar-refractivity contribution in [2.45, 2.75) is 64.1 Å². The zero-order valence-electron chi connectivity index (χ0n) is 15.4. The highest BCUT2D eigenvalue weighted by molar-refractivity contribution is 5.69. The highest BCUT2D eigenvalue weighted by Gasteiger charge is 2.39. The number of hydrogen-bond acceptors (Lipinski definition) is 3. The van der Waals surface area contributed by atoms with E-state index in [-0.39, 0.29) is 6.54 Å². The van der Waals surface area contributed by atoms with E-state index in [1.807, 2.05) is 0 Å². The van der Waals surface area contributed by atoms with E-state index in [1.165, 1.54) is 29.5 Å². The lowest BCUT2D eigenvalue weighted by Crippen LogP contribution is -2.55. The minimum atomic E-state index is -0.689. The van der Waals surface area contributed by atoms with Gasteiger partial charge in [0.05, 0.1) is 6.54 Å². The van der Waals surface area contributed by atoms with Crippen LogP contribution in [0.1, 0.15) is 55.3 Å². The van der Waals surface area contributed by atoms with Gasteiger partial charge in [-0.1, -0.05) is 30.7 Å². The zero-order chi connectivity index (χ0) is 17.6. The van der Waals surface area contributed by atoms with Crippen molar-refractivity contribution < 1.29 is 9.90 Å². The van der Waals surface area contributed by atoms with E-state index >= 15 is 0 Å². The number of benzene rings is 1. The number of rotatable bonds is 7. The lowest BCUT2D eigenvalue weighted by atomic mass is 9.83. The monoisotopic (exact) mass is 342 g/mol. The Morgan fingerprint density at radius 1 is 1.32 bits per heavy atom. The SMILES string of the molecule is Cc1ccc2c(c1)C(NC1CC(N(CC(=O)O)CC3CC3)C1)C(C)C2. The van der Waals surface area contributed by atoms with Crippen LogP contribution in [0, 0.1) is 18.8 Å². The molecule has 1 aromatic rings. The number of aryl methyl sites for hydroxylation is 1. The van der Waals surface area contributed by atoms with Crippen LogP contribution < -0.4 is 5.32 Å². The number of carboxylic acid groups (broad SMARTS) is 1. The first-order chi connectivity index (χ1) is 12.0. The summed E-state index contributed by atoms with van der Waals surface area (Å²) in [5.74, 6) is 0.694. The topological polar surface area (TPSA) is 52.6 Å². The maximum absolute atomic E-state index is 11.2. The fraction of sp³-hybridized carbons (Fsp3) is 0.667. The maximum atomic E-state index is 11.2. The highest BCUT2D eigenvalue weighted by Crippen LogP contribution is 2.39. The molecular weight excluding hydrogens is 312 g/mol. The lowest BCUT2D eigenvalue weighted by molar-refractivity contribution is -0.139. The van der Waals surface area contributed by atoms with E-state index in [0.29, 0.717) is 24.0 Å². The fourth-order valence-corrected chi connectivity index (χ4v) is 4.64. The average Bonchev–Trinajstić information content (AvgIpc) is 3.25. The van der Waals surface area contributed by atoms with Crippen molar-refractivity contribution in [3.05, 3.63) is 34.9 Å². The molecule has 4 rings (SSSR count). The van der Waals surface area contributed by atoms with Crippen molar-refractivity contribution in [2.24, 2.45) is 11.8 Å². The van der Waals surface area contributed by atoms with Gasteiger partial charge in [-0.15, -0.1) is 0 Å². The minimum absolute atomic E-state index is 0.204. The third kappa shape index (κ3) is 3.75. The van der Waals surface area contributed by atoms with Crippen LogP contribution in [0.25, 0.3) is 0 Å². The number of nitrogens with one attached hydrogen (secondary N) is 1. The molecule has 3 aliphatic carbocycles. The summed E-state index contributed by atoms with van der Waals surface area (Å²) >= 11 is 0. The molecule has 2 atom stereocenters. The molecule has 4 nitrogen and oxygen atoms in total. The molecule has 0 spiro atoms. The summed E-state index contributed by atoms with van der Waals surface area (Å²) in [7, 11) is 0. The van der Waals surface area contributed by atoms with Gasteiger partial charge >= 0.3 is 5.97 Å². The molecule has 2 unspecified atom stereocenters. The molecule has 4 heteroatoms. The molecule has 2 fully saturated rings. The van der Waals surface area contributed by atoms with Gasteiger partial charge in [-0.05, 0) is 62.0 Å². The molecule has 2 N–H and O–H groups in total. The van der Waals surface area contributed by atoms with Gasteiger partial charge in [-0.3, -0.25) is 9.69 Å². The second-order valence-corrected chi connectivity index (χ2v) is 8.62. The average molecular weight is 342 g/mol. The molecular formula is C21H30N2O2. The lowest BCUT2D eigenvalue weighted by Gasteiger charge is -2.44. The highest BCUT2D eigenvalue weighted by atomic mass is 16.4. The van der Waals surface area contributed by atoms with Crippen LogP contribution in [0.2, 0.25) is 0 Å². The van der Waals surface area contributed by atoms with Crippen molar-refractivity contribution in [2.75, 3.05) is 13.1 Å². The van der Waals surface area contributed by atoms with Crippen LogP contribution in [0.15, 0.2) is 18.2 Å². The summed E-state index contributed by atoms with van der Waals surface area (Å²) < 4.78 is 0. The molecule has 0 amide bonds. The Labute approximate surface area is 150 Å². The van der Waals surface area contributed by atoms with E-state index in [4.69, 9.17) is 0 Å². The van der Waals surface area contributed by atoms with Crippen molar-refractivity contribution in [1.29, 1.82) is 0 Å². The predicted molar refractivity (Wildman–Crippen MR) is 98.7 cm³/mol. The second-order valence-electron chi connectivity index (χ2n) is 8.62. The van der Waals surface area contributed by atoms with E-state index in [2.05, 4.69) is 42.3 Å². The van der Waals surface area contributed by atoms with E-state index < -0.39 is 5.97 Å². The Balaban J connectivity index is 1.35. The molecule has 0 aromatic heterocycles. The molecule has 0 bridgehead atoms. The number of aliphatic carboxylic acids is 1. The van der Waals surface area contributed by atoms with Crippen LogP contribution in [-0.2, 0) is 11.2 Å². The summed E-state index contributed by atoms with van der Waals surface area (Å²) in [6.45, 7) is 5.69. The molecule has 0 radical (unpaired) electrons. The first kappa shape index (κ1) is 17.0. The van der Waals surface area contributed by atoms with Crippen LogP contribution in [0.3, 0.4) is 0 Å².